The molecule has 4 rings (SSSR count). The summed E-state index contributed by atoms with van der Waals surface area (Å²) in [5, 5.41) is 0.0349. The van der Waals surface area contributed by atoms with Crippen LogP contribution in [0.1, 0.15) is 24.0 Å². The molecule has 4 nitrogen and oxygen atoms in total. The van der Waals surface area contributed by atoms with E-state index in [1.165, 1.54) is 17.9 Å². The van der Waals surface area contributed by atoms with Crippen molar-refractivity contribution in [2.24, 2.45) is 0 Å². The summed E-state index contributed by atoms with van der Waals surface area (Å²) >= 11 is 0. The zero-order chi connectivity index (χ0) is 13.8. The Hall–Kier alpha value is -1.59. The monoisotopic (exact) mass is 289 g/mol. The smallest absolute Gasteiger partial charge is 0.276 e. The standard InChI is InChI=1S/C15H15NO3S/c17-20(18,14-6-3-9-19-14)16-10-12-4-1-2-5-13(12)15(11-16)7-8-15/h1-6,9H,7-8,10-11H2. The van der Waals surface area contributed by atoms with Gasteiger partial charge in [-0.05, 0) is 36.1 Å². The van der Waals surface area contributed by atoms with Crippen LogP contribution in [0.2, 0.25) is 0 Å². The molecule has 1 fully saturated rings. The van der Waals surface area contributed by atoms with Crippen LogP contribution in [-0.4, -0.2) is 19.3 Å². The first-order valence-electron chi connectivity index (χ1n) is 6.74. The minimum atomic E-state index is -3.53. The molecule has 0 N–H and O–H groups in total. The molecule has 1 aliphatic carbocycles. The van der Waals surface area contributed by atoms with E-state index >= 15 is 0 Å². The van der Waals surface area contributed by atoms with E-state index in [0.29, 0.717) is 13.1 Å². The van der Waals surface area contributed by atoms with Gasteiger partial charge >= 0.3 is 0 Å². The Bertz CT molecular complexity index is 745. The van der Waals surface area contributed by atoms with Crippen LogP contribution in [0.3, 0.4) is 0 Å². The Balaban J connectivity index is 1.77. The third kappa shape index (κ3) is 1.66. The highest BCUT2D eigenvalue weighted by molar-refractivity contribution is 7.89. The highest BCUT2D eigenvalue weighted by atomic mass is 32.2. The minimum absolute atomic E-state index is 0.0349. The van der Waals surface area contributed by atoms with E-state index in [9.17, 15) is 8.42 Å². The predicted octanol–water partition coefficient (Wildman–Crippen LogP) is 2.52. The Labute approximate surface area is 118 Å². The Morgan fingerprint density at radius 1 is 1.10 bits per heavy atom. The van der Waals surface area contributed by atoms with Gasteiger partial charge in [-0.1, -0.05) is 24.3 Å². The molecule has 0 radical (unpaired) electrons. The topological polar surface area (TPSA) is 50.5 Å². The Kier molecular flexibility index (Phi) is 2.41. The van der Waals surface area contributed by atoms with Crippen molar-refractivity contribution < 1.29 is 12.8 Å². The molecule has 1 aromatic heterocycles. The fourth-order valence-corrected chi connectivity index (χ4v) is 4.54. The van der Waals surface area contributed by atoms with Crippen molar-refractivity contribution >= 4 is 10.0 Å². The molecule has 1 saturated carbocycles. The molecule has 20 heavy (non-hydrogen) atoms. The van der Waals surface area contributed by atoms with Crippen molar-refractivity contribution in [1.29, 1.82) is 0 Å². The first-order chi connectivity index (χ1) is 9.62. The largest absolute Gasteiger partial charge is 0.452 e. The summed E-state index contributed by atoms with van der Waals surface area (Å²) < 4.78 is 31.9. The van der Waals surface area contributed by atoms with E-state index < -0.39 is 10.0 Å². The van der Waals surface area contributed by atoms with Crippen molar-refractivity contribution in [3.8, 4) is 0 Å². The number of benzene rings is 1. The van der Waals surface area contributed by atoms with Crippen molar-refractivity contribution in [2.75, 3.05) is 6.54 Å². The fraction of sp³-hybridized carbons (Fsp3) is 0.333. The molecule has 1 aliphatic heterocycles. The maximum atomic E-state index is 12.6. The average Bonchev–Trinajstić information content (AvgIpc) is 3.01. The van der Waals surface area contributed by atoms with Gasteiger partial charge in [-0.3, -0.25) is 0 Å². The number of rotatable bonds is 2. The zero-order valence-corrected chi connectivity index (χ0v) is 11.8. The molecule has 2 heterocycles. The second kappa shape index (κ2) is 3.96. The quantitative estimate of drug-likeness (QED) is 0.853. The minimum Gasteiger partial charge on any atom is -0.452 e. The van der Waals surface area contributed by atoms with Gasteiger partial charge in [0.15, 0.2) is 0 Å². The van der Waals surface area contributed by atoms with Crippen LogP contribution in [0.25, 0.3) is 0 Å². The van der Waals surface area contributed by atoms with E-state index in [4.69, 9.17) is 4.42 Å². The van der Waals surface area contributed by atoms with E-state index in [0.717, 1.165) is 18.4 Å². The van der Waals surface area contributed by atoms with Crippen LogP contribution >= 0.6 is 0 Å². The first kappa shape index (κ1) is 12.2. The molecular weight excluding hydrogens is 274 g/mol. The second-order valence-corrected chi connectivity index (χ2v) is 7.51. The van der Waals surface area contributed by atoms with Gasteiger partial charge in [-0.25, -0.2) is 8.42 Å². The van der Waals surface area contributed by atoms with Gasteiger partial charge in [0.2, 0.25) is 5.09 Å². The van der Waals surface area contributed by atoms with Gasteiger partial charge in [-0.15, -0.1) is 0 Å². The number of nitrogens with zero attached hydrogens (tertiary/aromatic N) is 1. The molecule has 0 bridgehead atoms. The summed E-state index contributed by atoms with van der Waals surface area (Å²) in [7, 11) is -3.53. The highest BCUT2D eigenvalue weighted by Gasteiger charge is 2.51. The van der Waals surface area contributed by atoms with Gasteiger partial charge in [0.25, 0.3) is 10.0 Å². The number of sulfonamides is 1. The highest BCUT2D eigenvalue weighted by Crippen LogP contribution is 2.53. The van der Waals surface area contributed by atoms with Gasteiger partial charge in [-0.2, -0.15) is 4.31 Å². The van der Waals surface area contributed by atoms with Crippen molar-refractivity contribution in [3.63, 3.8) is 0 Å². The lowest BCUT2D eigenvalue weighted by atomic mass is 9.88. The molecule has 0 atom stereocenters. The number of furan rings is 1. The van der Waals surface area contributed by atoms with Crippen LogP contribution in [0.4, 0.5) is 0 Å². The summed E-state index contributed by atoms with van der Waals surface area (Å²) in [5.74, 6) is 0. The van der Waals surface area contributed by atoms with Crippen LogP contribution in [0.5, 0.6) is 0 Å². The molecule has 0 amide bonds. The molecule has 2 aromatic rings. The summed E-state index contributed by atoms with van der Waals surface area (Å²) in [6, 6.07) is 11.3. The fourth-order valence-electron chi connectivity index (χ4n) is 3.13. The van der Waals surface area contributed by atoms with Crippen LogP contribution < -0.4 is 0 Å². The van der Waals surface area contributed by atoms with Crippen molar-refractivity contribution in [1.82, 2.24) is 4.31 Å². The summed E-state index contributed by atoms with van der Waals surface area (Å²) in [6.07, 6.45) is 3.53. The van der Waals surface area contributed by atoms with Crippen molar-refractivity contribution in [3.05, 3.63) is 53.8 Å². The third-order valence-electron chi connectivity index (χ3n) is 4.36. The molecule has 0 unspecified atom stereocenters. The average molecular weight is 289 g/mol. The lowest BCUT2D eigenvalue weighted by molar-refractivity contribution is 0.329. The summed E-state index contributed by atoms with van der Waals surface area (Å²) in [5.41, 5.74) is 2.48. The van der Waals surface area contributed by atoms with Crippen LogP contribution in [0.15, 0.2) is 52.2 Å². The van der Waals surface area contributed by atoms with Crippen molar-refractivity contribution in [2.45, 2.75) is 29.9 Å². The maximum Gasteiger partial charge on any atom is 0.276 e. The van der Waals surface area contributed by atoms with Crippen LogP contribution in [0, 0.1) is 0 Å². The van der Waals surface area contributed by atoms with Crippen LogP contribution in [-0.2, 0) is 22.0 Å². The lowest BCUT2D eigenvalue weighted by Crippen LogP contribution is -2.41. The second-order valence-electron chi connectivity index (χ2n) is 5.64. The molecule has 104 valence electrons. The molecule has 1 aromatic carbocycles. The molecule has 2 aliphatic rings. The number of fused-ring (bicyclic) bond motifs is 2. The van der Waals surface area contributed by atoms with E-state index in [2.05, 4.69) is 6.07 Å². The molecule has 5 heteroatoms. The normalized spacial score (nSPS) is 20.8. The maximum absolute atomic E-state index is 12.6. The summed E-state index contributed by atoms with van der Waals surface area (Å²) in [4.78, 5) is 0. The van der Waals surface area contributed by atoms with Gasteiger partial charge in [0.1, 0.15) is 0 Å². The van der Waals surface area contributed by atoms with E-state index in [-0.39, 0.29) is 10.5 Å². The number of hydrogen-bond acceptors (Lipinski definition) is 3. The summed E-state index contributed by atoms with van der Waals surface area (Å²) in [6.45, 7) is 0.994. The van der Waals surface area contributed by atoms with E-state index in [1.807, 2.05) is 18.2 Å². The van der Waals surface area contributed by atoms with Gasteiger partial charge in [0, 0.05) is 18.5 Å². The predicted molar refractivity (Wildman–Crippen MR) is 73.7 cm³/mol. The third-order valence-corrected chi connectivity index (χ3v) is 6.04. The number of hydrogen-bond donors (Lipinski definition) is 0. The lowest BCUT2D eigenvalue weighted by Gasteiger charge is -2.33. The molecule has 0 saturated heterocycles. The SMILES string of the molecule is O=S(=O)(c1ccco1)N1Cc2ccccc2C2(CC2)C1. The molecule has 1 spiro atoms. The van der Waals surface area contributed by atoms with Gasteiger partial charge in [0.05, 0.1) is 6.26 Å². The molecular formula is C15H15NO3S. The Morgan fingerprint density at radius 3 is 2.60 bits per heavy atom. The Morgan fingerprint density at radius 2 is 1.90 bits per heavy atom. The zero-order valence-electron chi connectivity index (χ0n) is 11.0. The first-order valence-corrected chi connectivity index (χ1v) is 8.18. The van der Waals surface area contributed by atoms with Gasteiger partial charge < -0.3 is 4.42 Å². The van der Waals surface area contributed by atoms with E-state index in [1.54, 1.807) is 10.4 Å².